The predicted octanol–water partition coefficient (Wildman–Crippen LogP) is -9.90. The zero-order chi connectivity index (χ0) is 0. The fourth-order valence-electron chi connectivity index (χ4n) is 0. The molecule has 0 saturated heterocycles. The van der Waals surface area contributed by atoms with Crippen molar-refractivity contribution in [3.63, 3.8) is 0 Å². The third kappa shape index (κ3) is 21.4. The third-order valence-corrected chi connectivity index (χ3v) is 0. The SMILES string of the molecule is [Ca+2].[Cl-].[Cl-].[Cl-].[ClH2+]. The van der Waals surface area contributed by atoms with Crippen LogP contribution in [0.25, 0.3) is 0 Å². The quantitative estimate of drug-likeness (QED) is 0.328. The second-order valence-corrected chi connectivity index (χ2v) is 0. The summed E-state index contributed by atoms with van der Waals surface area (Å²) in [5, 5.41) is 0. The minimum absolute atomic E-state index is 0. The molecule has 0 aromatic heterocycles. The van der Waals surface area contributed by atoms with E-state index in [9.17, 15) is 0 Å². The standard InChI is InChI=1S/Ca.ClH2.3ClH/h;1H2;3*1H/q+2;+1;;;/p-3. The molecule has 0 aromatic rings. The van der Waals surface area contributed by atoms with Gasteiger partial charge in [0.05, 0.1) is 12.4 Å². The topological polar surface area (TPSA) is 0 Å². The van der Waals surface area contributed by atoms with Crippen molar-refractivity contribution in [3.05, 3.63) is 0 Å². The molecule has 0 aliphatic heterocycles. The Hall–Kier alpha value is 2.42. The van der Waals surface area contributed by atoms with Gasteiger partial charge >= 0.3 is 37.7 Å². The molecule has 32 valence electrons. The van der Waals surface area contributed by atoms with Crippen molar-refractivity contribution in [3.8, 4) is 0 Å². The Kier molecular flexibility index (Phi) is 336. The second-order valence-electron chi connectivity index (χ2n) is 0. The second kappa shape index (κ2) is 32.2. The summed E-state index contributed by atoms with van der Waals surface area (Å²) in [6, 6.07) is 0. The van der Waals surface area contributed by atoms with Crippen LogP contribution in [0.4, 0.5) is 0 Å². The molecule has 0 amide bonds. The van der Waals surface area contributed by atoms with E-state index < -0.39 is 0 Å². The van der Waals surface area contributed by atoms with Gasteiger partial charge in [-0.1, -0.05) is 0 Å². The Morgan fingerprint density at radius 3 is 0.600 bits per heavy atom. The molecule has 0 nitrogen and oxygen atoms in total. The van der Waals surface area contributed by atoms with Crippen LogP contribution < -0.4 is 37.2 Å². The van der Waals surface area contributed by atoms with Gasteiger partial charge in [-0.05, 0) is 0 Å². The molecule has 0 aromatic carbocycles. The molecular formula is H2CaCl4. The monoisotopic (exact) mass is 182 g/mol. The molecule has 0 bridgehead atoms. The molecular weight excluding hydrogens is 182 g/mol. The first-order valence-corrected chi connectivity index (χ1v) is 0. The summed E-state index contributed by atoms with van der Waals surface area (Å²) in [5.41, 5.74) is 0. The molecule has 0 heterocycles. The molecule has 0 aliphatic rings. The summed E-state index contributed by atoms with van der Waals surface area (Å²) in [6.07, 6.45) is 0. The van der Waals surface area contributed by atoms with Crippen molar-refractivity contribution in [2.75, 3.05) is 0 Å². The maximum Gasteiger partial charge on any atom is 2.00 e. The van der Waals surface area contributed by atoms with Crippen LogP contribution >= 0.6 is 0 Å². The largest absolute Gasteiger partial charge is 2.00 e. The van der Waals surface area contributed by atoms with Gasteiger partial charge in [-0.15, -0.1) is 0 Å². The molecule has 0 unspecified atom stereocenters. The third-order valence-electron chi connectivity index (χ3n) is 0. The van der Waals surface area contributed by atoms with Crippen LogP contribution in [0.15, 0.2) is 0 Å². The van der Waals surface area contributed by atoms with Crippen LogP contribution in [0, 0.1) is 12.4 Å². The van der Waals surface area contributed by atoms with E-state index in [1.54, 1.807) is 0 Å². The van der Waals surface area contributed by atoms with Crippen molar-refractivity contribution in [2.45, 2.75) is 0 Å². The summed E-state index contributed by atoms with van der Waals surface area (Å²) in [4.78, 5) is 0. The van der Waals surface area contributed by atoms with E-state index in [1.807, 2.05) is 0 Å². The van der Waals surface area contributed by atoms with Gasteiger partial charge in [0.25, 0.3) is 0 Å². The number of hydrogen-bond donors (Lipinski definition) is 0. The van der Waals surface area contributed by atoms with Crippen LogP contribution in [-0.2, 0) is 0 Å². The summed E-state index contributed by atoms with van der Waals surface area (Å²) < 4.78 is 0. The van der Waals surface area contributed by atoms with E-state index in [0.717, 1.165) is 0 Å². The first-order chi connectivity index (χ1) is 0. The first kappa shape index (κ1) is 52.2. The van der Waals surface area contributed by atoms with Gasteiger partial charge < -0.3 is 37.2 Å². The molecule has 0 rings (SSSR count). The zero-order valence-corrected chi connectivity index (χ0v) is 7.66. The van der Waals surface area contributed by atoms with Crippen molar-refractivity contribution in [2.24, 2.45) is 0 Å². The Labute approximate surface area is 86.1 Å². The predicted molar refractivity (Wildman–Crippen MR) is 8.54 cm³/mol. The molecule has 0 fully saturated rings. The Balaban J connectivity index is 0. The van der Waals surface area contributed by atoms with E-state index in [4.69, 9.17) is 0 Å². The van der Waals surface area contributed by atoms with Crippen LogP contribution in [0.5, 0.6) is 0 Å². The van der Waals surface area contributed by atoms with Crippen molar-refractivity contribution in [1.29, 1.82) is 0 Å². The van der Waals surface area contributed by atoms with Gasteiger partial charge in [0.2, 0.25) is 0 Å². The number of halogens is 4. The Bertz CT molecular complexity index is 3.61. The average molecular weight is 184 g/mol. The molecule has 0 atom stereocenters. The van der Waals surface area contributed by atoms with Crippen LogP contribution in [-0.4, -0.2) is 37.7 Å². The molecule has 0 spiro atoms. The van der Waals surface area contributed by atoms with Crippen molar-refractivity contribution >= 4 is 37.7 Å². The Morgan fingerprint density at radius 2 is 0.600 bits per heavy atom. The maximum atomic E-state index is 0. The minimum Gasteiger partial charge on any atom is -1.00 e. The van der Waals surface area contributed by atoms with E-state index in [1.165, 1.54) is 0 Å². The summed E-state index contributed by atoms with van der Waals surface area (Å²) in [5.74, 6) is 0. The maximum absolute atomic E-state index is 0. The van der Waals surface area contributed by atoms with Gasteiger partial charge in [0.1, 0.15) is 0 Å². The molecule has 0 radical (unpaired) electrons. The van der Waals surface area contributed by atoms with Crippen LogP contribution in [0.3, 0.4) is 0 Å². The average Bonchev–Trinajstić information content (AvgIpc) is 0. The molecule has 5 heavy (non-hydrogen) atoms. The number of rotatable bonds is 0. The van der Waals surface area contributed by atoms with Gasteiger partial charge in [-0.25, -0.2) is 0 Å². The van der Waals surface area contributed by atoms with Gasteiger partial charge in [0, 0.05) is 0 Å². The fourth-order valence-corrected chi connectivity index (χ4v) is 0. The zero-order valence-electron chi connectivity index (χ0n) is 2.29. The van der Waals surface area contributed by atoms with Crippen molar-refractivity contribution < 1.29 is 49.6 Å². The molecule has 0 aliphatic carbocycles. The molecule has 0 N–H and O–H groups in total. The van der Waals surface area contributed by atoms with E-state index in [-0.39, 0.29) is 87.4 Å². The Morgan fingerprint density at radius 1 is 0.600 bits per heavy atom. The van der Waals surface area contributed by atoms with Crippen LogP contribution in [0.2, 0.25) is 0 Å². The van der Waals surface area contributed by atoms with Crippen LogP contribution in [0.1, 0.15) is 0 Å². The van der Waals surface area contributed by atoms with Gasteiger partial charge in [-0.3, -0.25) is 0 Å². The van der Waals surface area contributed by atoms with E-state index >= 15 is 0 Å². The van der Waals surface area contributed by atoms with Gasteiger partial charge in [-0.2, -0.15) is 0 Å². The van der Waals surface area contributed by atoms with E-state index in [2.05, 4.69) is 0 Å². The molecule has 5 heteroatoms. The summed E-state index contributed by atoms with van der Waals surface area (Å²) >= 11 is 0. The fraction of sp³-hybridized carbons (Fsp3) is 0. The minimum atomic E-state index is 0. The summed E-state index contributed by atoms with van der Waals surface area (Å²) in [6.45, 7) is 0. The number of hydrogen-bond acceptors (Lipinski definition) is 0. The summed E-state index contributed by atoms with van der Waals surface area (Å²) in [7, 11) is 0. The first-order valence-electron chi connectivity index (χ1n) is 0. The normalized spacial score (nSPS) is 0. The van der Waals surface area contributed by atoms with Crippen molar-refractivity contribution in [1.82, 2.24) is 0 Å². The molecule has 0 saturated carbocycles. The smallest absolute Gasteiger partial charge is 1.00 e. The van der Waals surface area contributed by atoms with Gasteiger partial charge in [0.15, 0.2) is 0 Å². The van der Waals surface area contributed by atoms with E-state index in [0.29, 0.717) is 0 Å².